The van der Waals surface area contributed by atoms with E-state index in [1.54, 1.807) is 6.08 Å². The first-order valence-electron chi connectivity index (χ1n) is 5.69. The maximum absolute atomic E-state index is 11.5. The number of hydrogen-bond donors (Lipinski definition) is 0. The fourth-order valence-corrected chi connectivity index (χ4v) is 1.37. The molecule has 1 aromatic carbocycles. The second-order valence-corrected chi connectivity index (χ2v) is 3.62. The zero-order valence-corrected chi connectivity index (χ0v) is 10.3. The lowest BCUT2D eigenvalue weighted by atomic mass is 10.1. The Kier molecular flexibility index (Phi) is 6.04. The smallest absolute Gasteiger partial charge is 0.336 e. The predicted octanol–water partition coefficient (Wildman–Crippen LogP) is 2.67. The van der Waals surface area contributed by atoms with E-state index < -0.39 is 0 Å². The van der Waals surface area contributed by atoms with Crippen molar-refractivity contribution < 1.29 is 14.3 Å². The molecule has 0 spiro atoms. The van der Waals surface area contributed by atoms with Gasteiger partial charge in [0.25, 0.3) is 0 Å². The Balaban J connectivity index is 2.75. The van der Waals surface area contributed by atoms with Crippen molar-refractivity contribution in [1.82, 2.24) is 0 Å². The van der Waals surface area contributed by atoms with Gasteiger partial charge >= 0.3 is 5.97 Å². The fraction of sp³-hybridized carbons (Fsp3) is 0.357. The van der Waals surface area contributed by atoms with E-state index in [-0.39, 0.29) is 12.6 Å². The summed E-state index contributed by atoms with van der Waals surface area (Å²) in [4.78, 5) is 11.5. The van der Waals surface area contributed by atoms with Crippen LogP contribution in [0.5, 0.6) is 0 Å². The van der Waals surface area contributed by atoms with E-state index >= 15 is 0 Å². The lowest BCUT2D eigenvalue weighted by Crippen LogP contribution is -2.11. The molecule has 0 heterocycles. The molecule has 0 amide bonds. The van der Waals surface area contributed by atoms with Crippen LogP contribution in [0.2, 0.25) is 0 Å². The first-order valence-corrected chi connectivity index (χ1v) is 5.69. The van der Waals surface area contributed by atoms with Gasteiger partial charge in [0.15, 0.2) is 0 Å². The van der Waals surface area contributed by atoms with Crippen molar-refractivity contribution in [1.29, 1.82) is 0 Å². The Hall–Kier alpha value is -1.61. The van der Waals surface area contributed by atoms with Crippen LogP contribution in [0.15, 0.2) is 35.9 Å². The molecule has 0 saturated heterocycles. The Morgan fingerprint density at radius 2 is 2.00 bits per heavy atom. The standard InChI is InChI=1S/C14H18O3/c1-3-9-17-11-13(14(15)16-2)10-12-7-5-4-6-8-12/h4-8,10H,3,9,11H2,1-2H3. The van der Waals surface area contributed by atoms with Crippen LogP contribution in [0.3, 0.4) is 0 Å². The summed E-state index contributed by atoms with van der Waals surface area (Å²) in [5, 5.41) is 0. The number of carbonyl (C=O) groups is 1. The number of ether oxygens (including phenoxy) is 2. The summed E-state index contributed by atoms with van der Waals surface area (Å²) in [6, 6.07) is 9.65. The zero-order valence-electron chi connectivity index (χ0n) is 10.3. The van der Waals surface area contributed by atoms with Crippen LogP contribution < -0.4 is 0 Å². The summed E-state index contributed by atoms with van der Waals surface area (Å²) >= 11 is 0. The van der Waals surface area contributed by atoms with E-state index in [0.29, 0.717) is 12.2 Å². The van der Waals surface area contributed by atoms with Gasteiger partial charge in [-0.05, 0) is 18.1 Å². The highest BCUT2D eigenvalue weighted by Crippen LogP contribution is 2.08. The molecule has 0 aromatic heterocycles. The third-order valence-corrected chi connectivity index (χ3v) is 2.19. The molecule has 0 unspecified atom stereocenters. The summed E-state index contributed by atoms with van der Waals surface area (Å²) in [5.41, 5.74) is 1.50. The second kappa shape index (κ2) is 7.63. The van der Waals surface area contributed by atoms with E-state index in [4.69, 9.17) is 9.47 Å². The Bertz CT molecular complexity index is 368. The summed E-state index contributed by atoms with van der Waals surface area (Å²) in [7, 11) is 1.38. The minimum absolute atomic E-state index is 0.287. The maximum atomic E-state index is 11.5. The number of methoxy groups -OCH3 is 1. The molecule has 0 aliphatic heterocycles. The maximum Gasteiger partial charge on any atom is 0.336 e. The third-order valence-electron chi connectivity index (χ3n) is 2.19. The van der Waals surface area contributed by atoms with E-state index in [1.807, 2.05) is 37.3 Å². The van der Waals surface area contributed by atoms with Gasteiger partial charge in [-0.2, -0.15) is 0 Å². The predicted molar refractivity (Wildman–Crippen MR) is 67.5 cm³/mol. The number of rotatable bonds is 6. The highest BCUT2D eigenvalue weighted by molar-refractivity contribution is 5.93. The van der Waals surface area contributed by atoms with E-state index in [2.05, 4.69) is 0 Å². The number of hydrogen-bond acceptors (Lipinski definition) is 3. The number of esters is 1. The minimum Gasteiger partial charge on any atom is -0.466 e. The van der Waals surface area contributed by atoms with Crippen LogP contribution in [0.1, 0.15) is 18.9 Å². The lowest BCUT2D eigenvalue weighted by molar-refractivity contribution is -0.136. The summed E-state index contributed by atoms with van der Waals surface area (Å²) in [6.07, 6.45) is 2.72. The second-order valence-electron chi connectivity index (χ2n) is 3.62. The quantitative estimate of drug-likeness (QED) is 0.431. The first kappa shape index (κ1) is 13.5. The van der Waals surface area contributed by atoms with E-state index in [9.17, 15) is 4.79 Å². The summed E-state index contributed by atoms with van der Waals surface area (Å²) in [5.74, 6) is -0.343. The topological polar surface area (TPSA) is 35.5 Å². The molecule has 0 N–H and O–H groups in total. The molecule has 1 aromatic rings. The monoisotopic (exact) mass is 234 g/mol. The van der Waals surface area contributed by atoms with Crippen molar-refractivity contribution in [2.24, 2.45) is 0 Å². The highest BCUT2D eigenvalue weighted by atomic mass is 16.5. The molecule has 0 bridgehead atoms. The molecule has 1 rings (SSSR count). The van der Waals surface area contributed by atoms with Crippen molar-refractivity contribution in [2.75, 3.05) is 20.3 Å². The SMILES string of the molecule is CCCOCC(=Cc1ccccc1)C(=O)OC. The lowest BCUT2D eigenvalue weighted by Gasteiger charge is -2.06. The largest absolute Gasteiger partial charge is 0.466 e. The molecular formula is C14H18O3. The van der Waals surface area contributed by atoms with Gasteiger partial charge in [0.05, 0.1) is 19.3 Å². The Labute approximate surface area is 102 Å². The molecule has 92 valence electrons. The molecular weight excluding hydrogens is 216 g/mol. The molecule has 3 nitrogen and oxygen atoms in total. The molecule has 0 radical (unpaired) electrons. The van der Waals surface area contributed by atoms with Gasteiger partial charge in [-0.25, -0.2) is 4.79 Å². The van der Waals surface area contributed by atoms with Gasteiger partial charge in [0.1, 0.15) is 0 Å². The molecule has 0 aliphatic carbocycles. The average molecular weight is 234 g/mol. The Morgan fingerprint density at radius 1 is 1.29 bits per heavy atom. The Morgan fingerprint density at radius 3 is 2.59 bits per heavy atom. The van der Waals surface area contributed by atoms with Gasteiger partial charge < -0.3 is 9.47 Å². The summed E-state index contributed by atoms with van der Waals surface area (Å²) < 4.78 is 10.1. The molecule has 3 heteroatoms. The van der Waals surface area contributed by atoms with Crippen molar-refractivity contribution in [3.05, 3.63) is 41.5 Å². The highest BCUT2D eigenvalue weighted by Gasteiger charge is 2.09. The third kappa shape index (κ3) is 4.83. The number of benzene rings is 1. The van der Waals surface area contributed by atoms with E-state index in [0.717, 1.165) is 12.0 Å². The van der Waals surface area contributed by atoms with Crippen LogP contribution in [-0.2, 0) is 14.3 Å². The number of carbonyl (C=O) groups excluding carboxylic acids is 1. The molecule has 0 atom stereocenters. The first-order chi connectivity index (χ1) is 8.27. The van der Waals surface area contributed by atoms with Gasteiger partial charge in [-0.15, -0.1) is 0 Å². The minimum atomic E-state index is -0.343. The summed E-state index contributed by atoms with van der Waals surface area (Å²) in [6.45, 7) is 2.96. The van der Waals surface area contributed by atoms with Gasteiger partial charge in [-0.3, -0.25) is 0 Å². The van der Waals surface area contributed by atoms with Gasteiger partial charge in [0, 0.05) is 6.61 Å². The van der Waals surface area contributed by atoms with Gasteiger partial charge in [-0.1, -0.05) is 37.3 Å². The van der Waals surface area contributed by atoms with Crippen molar-refractivity contribution in [2.45, 2.75) is 13.3 Å². The fourth-order valence-electron chi connectivity index (χ4n) is 1.37. The molecule has 0 saturated carbocycles. The van der Waals surface area contributed by atoms with Crippen LogP contribution in [-0.4, -0.2) is 26.3 Å². The molecule has 0 fully saturated rings. The van der Waals surface area contributed by atoms with Crippen LogP contribution in [0, 0.1) is 0 Å². The van der Waals surface area contributed by atoms with Crippen LogP contribution >= 0.6 is 0 Å². The molecule has 17 heavy (non-hydrogen) atoms. The normalized spacial score (nSPS) is 11.3. The van der Waals surface area contributed by atoms with E-state index in [1.165, 1.54) is 7.11 Å². The van der Waals surface area contributed by atoms with Crippen LogP contribution in [0.25, 0.3) is 6.08 Å². The van der Waals surface area contributed by atoms with Crippen molar-refractivity contribution in [3.63, 3.8) is 0 Å². The molecule has 0 aliphatic rings. The van der Waals surface area contributed by atoms with Crippen molar-refractivity contribution in [3.8, 4) is 0 Å². The van der Waals surface area contributed by atoms with Gasteiger partial charge in [0.2, 0.25) is 0 Å². The zero-order chi connectivity index (χ0) is 12.5. The average Bonchev–Trinajstić information content (AvgIpc) is 2.38. The van der Waals surface area contributed by atoms with Crippen molar-refractivity contribution >= 4 is 12.0 Å². The van der Waals surface area contributed by atoms with Crippen LogP contribution in [0.4, 0.5) is 0 Å².